The van der Waals surface area contributed by atoms with E-state index in [4.69, 9.17) is 4.79 Å². The fourth-order valence-electron chi connectivity index (χ4n) is 0.145. The van der Waals surface area contributed by atoms with Crippen LogP contribution in [0.5, 0.6) is 0 Å². The number of allylic oxidation sites excluding steroid dienone is 2. The predicted octanol–water partition coefficient (Wildman–Crippen LogP) is -1.78. The van der Waals surface area contributed by atoms with Crippen molar-refractivity contribution < 1.29 is 69.4 Å². The zero-order chi connectivity index (χ0) is 6.57. The quantitative estimate of drug-likeness (QED) is 0.266. The minimum absolute atomic E-state index is 0. The Morgan fingerprint density at radius 3 is 2.11 bits per heavy atom. The summed E-state index contributed by atoms with van der Waals surface area (Å²) in [5.41, 5.74) is 0. The summed E-state index contributed by atoms with van der Waals surface area (Å²) >= 11 is 0. The Bertz CT molecular complexity index is 112. The van der Waals surface area contributed by atoms with Gasteiger partial charge in [-0.1, -0.05) is 0 Å². The van der Waals surface area contributed by atoms with Crippen molar-refractivity contribution in [3.8, 4) is 0 Å². The van der Waals surface area contributed by atoms with Crippen molar-refractivity contribution in [1.82, 2.24) is 0 Å². The maximum Gasteiger partial charge on any atom is 1.00 e. The summed E-state index contributed by atoms with van der Waals surface area (Å²) in [6.07, 6.45) is -2.38. The molecule has 0 saturated heterocycles. The molecule has 0 aliphatic carbocycles. The molecule has 5 heteroatoms. The Morgan fingerprint density at radius 2 is 2.00 bits per heavy atom. The maximum absolute atomic E-state index is 11.3. The first-order chi connectivity index (χ1) is 3.66. The molecule has 1 nitrogen and oxygen atoms in total. The molecule has 0 spiro atoms. The van der Waals surface area contributed by atoms with Gasteiger partial charge in [-0.15, -0.1) is 6.08 Å². The molecular weight excluding hydrogens is 160 g/mol. The molecule has 0 aliphatic rings. The first-order valence-corrected chi connectivity index (χ1v) is 1.70. The van der Waals surface area contributed by atoms with Gasteiger partial charge < -0.3 is 4.79 Å². The van der Waals surface area contributed by atoms with E-state index in [1.54, 1.807) is 0 Å². The van der Waals surface area contributed by atoms with Crippen molar-refractivity contribution in [2.24, 2.45) is 0 Å². The van der Waals surface area contributed by atoms with E-state index in [1.165, 1.54) is 0 Å². The number of alkyl halides is 2. The SMILES string of the molecule is O=[C-]/C(F)=C\C(F)F.[K+]. The minimum atomic E-state index is -2.92. The van der Waals surface area contributed by atoms with Crippen LogP contribution in [-0.2, 0) is 4.79 Å². The summed E-state index contributed by atoms with van der Waals surface area (Å²) in [5.74, 6) is -1.56. The molecule has 0 radical (unpaired) electrons. The average Bonchev–Trinajstić information content (AvgIpc) is 1.65. The van der Waals surface area contributed by atoms with E-state index in [-0.39, 0.29) is 57.5 Å². The van der Waals surface area contributed by atoms with Crippen LogP contribution in [0, 0.1) is 0 Å². The molecule has 0 atom stereocenters. The smallest absolute Gasteiger partial charge is 0.416 e. The molecule has 0 aromatic carbocycles. The summed E-state index contributed by atoms with van der Waals surface area (Å²) in [5, 5.41) is 0. The molecule has 0 N–H and O–H groups in total. The fourth-order valence-corrected chi connectivity index (χ4v) is 0.145. The number of hydrogen-bond acceptors (Lipinski definition) is 1. The standard InChI is InChI=1S/C4H2F3O.K/c5-3(2-8)1-4(6)7;/h1,4H;/q-1;+1/b3-1+;. The molecule has 0 fully saturated rings. The molecule has 46 valence electrons. The molecule has 0 amide bonds. The van der Waals surface area contributed by atoms with Gasteiger partial charge in [-0.2, -0.15) is 0 Å². The van der Waals surface area contributed by atoms with Crippen molar-refractivity contribution >= 4 is 6.29 Å². The summed E-state index contributed by atoms with van der Waals surface area (Å²) in [6, 6.07) is 0. The third-order valence-corrected chi connectivity index (χ3v) is 0.370. The molecule has 0 bridgehead atoms. The van der Waals surface area contributed by atoms with Gasteiger partial charge in [0.2, 0.25) is 0 Å². The van der Waals surface area contributed by atoms with Crippen LogP contribution >= 0.6 is 0 Å². The van der Waals surface area contributed by atoms with Crippen molar-refractivity contribution in [2.45, 2.75) is 6.43 Å². The van der Waals surface area contributed by atoms with Crippen molar-refractivity contribution in [3.05, 3.63) is 11.9 Å². The zero-order valence-corrected chi connectivity index (χ0v) is 7.82. The second kappa shape index (κ2) is 6.95. The van der Waals surface area contributed by atoms with E-state index < -0.39 is 12.3 Å². The van der Waals surface area contributed by atoms with Crippen LogP contribution in [0.4, 0.5) is 13.2 Å². The summed E-state index contributed by atoms with van der Waals surface area (Å²) in [4.78, 5) is 9.14. The third-order valence-electron chi connectivity index (χ3n) is 0.370. The first kappa shape index (κ1) is 12.5. The van der Waals surface area contributed by atoms with E-state index in [0.717, 1.165) is 0 Å². The number of hydrogen-bond donors (Lipinski definition) is 0. The molecule has 0 saturated carbocycles. The second-order valence-electron chi connectivity index (χ2n) is 0.951. The average molecular weight is 162 g/mol. The van der Waals surface area contributed by atoms with E-state index >= 15 is 0 Å². The van der Waals surface area contributed by atoms with Crippen molar-refractivity contribution in [2.75, 3.05) is 0 Å². The van der Waals surface area contributed by atoms with Crippen LogP contribution in [-0.4, -0.2) is 12.7 Å². The van der Waals surface area contributed by atoms with Crippen molar-refractivity contribution in [3.63, 3.8) is 0 Å². The summed E-state index contributed by atoms with van der Waals surface area (Å²) in [7, 11) is 0. The summed E-state index contributed by atoms with van der Waals surface area (Å²) in [6.45, 7) is 0. The van der Waals surface area contributed by atoms with Crippen LogP contribution in [0.3, 0.4) is 0 Å². The van der Waals surface area contributed by atoms with Gasteiger partial charge >= 0.3 is 51.4 Å². The van der Waals surface area contributed by atoms with E-state index in [2.05, 4.69) is 0 Å². The predicted molar refractivity (Wildman–Crippen MR) is 20.9 cm³/mol. The normalized spacial score (nSPS) is 10.9. The van der Waals surface area contributed by atoms with Gasteiger partial charge in [0.25, 0.3) is 0 Å². The molecule has 9 heavy (non-hydrogen) atoms. The molecule has 0 aliphatic heterocycles. The Labute approximate surface area is 92.7 Å². The minimum Gasteiger partial charge on any atom is -0.416 e. The van der Waals surface area contributed by atoms with Crippen LogP contribution in [0.15, 0.2) is 11.9 Å². The van der Waals surface area contributed by atoms with Gasteiger partial charge in [0, 0.05) is 6.29 Å². The first-order valence-electron chi connectivity index (χ1n) is 1.70. The maximum atomic E-state index is 11.3. The van der Waals surface area contributed by atoms with Crippen LogP contribution in [0.1, 0.15) is 0 Å². The number of carbonyl (C=O) groups excluding carboxylic acids is 1. The van der Waals surface area contributed by atoms with Crippen LogP contribution in [0.2, 0.25) is 0 Å². The van der Waals surface area contributed by atoms with Gasteiger partial charge in [-0.3, -0.25) is 0 Å². The molecule has 0 aromatic rings. The molecular formula is C4H2F3KO. The Kier molecular flexibility index (Phi) is 9.66. The monoisotopic (exact) mass is 162 g/mol. The Hall–Kier alpha value is 0.836. The topological polar surface area (TPSA) is 17.1 Å². The summed E-state index contributed by atoms with van der Waals surface area (Å²) < 4.78 is 33.3. The number of rotatable bonds is 2. The second-order valence-corrected chi connectivity index (χ2v) is 0.951. The molecule has 0 unspecified atom stereocenters. The van der Waals surface area contributed by atoms with Gasteiger partial charge in [-0.25, -0.2) is 13.2 Å². The van der Waals surface area contributed by atoms with E-state index in [9.17, 15) is 13.2 Å². The third kappa shape index (κ3) is 8.84. The van der Waals surface area contributed by atoms with Gasteiger partial charge in [-0.05, 0) is 5.83 Å². The fraction of sp³-hybridized carbons (Fsp3) is 0.250. The van der Waals surface area contributed by atoms with Gasteiger partial charge in [0.15, 0.2) is 6.43 Å². The molecule has 0 heterocycles. The zero-order valence-electron chi connectivity index (χ0n) is 4.70. The number of halogens is 3. The van der Waals surface area contributed by atoms with Gasteiger partial charge in [0.05, 0.1) is 0 Å². The van der Waals surface area contributed by atoms with Crippen LogP contribution < -0.4 is 51.4 Å². The molecule has 0 aromatic heterocycles. The Balaban J connectivity index is 0. The molecule has 0 rings (SSSR count). The van der Waals surface area contributed by atoms with E-state index in [0.29, 0.717) is 6.29 Å². The van der Waals surface area contributed by atoms with Gasteiger partial charge in [0.1, 0.15) is 0 Å². The van der Waals surface area contributed by atoms with E-state index in [1.807, 2.05) is 0 Å². The largest absolute Gasteiger partial charge is 1.00 e. The van der Waals surface area contributed by atoms with Crippen LogP contribution in [0.25, 0.3) is 0 Å². The Morgan fingerprint density at radius 1 is 1.56 bits per heavy atom. The van der Waals surface area contributed by atoms with Crippen molar-refractivity contribution in [1.29, 1.82) is 0 Å².